The molecule has 1 aromatic rings. The van der Waals surface area contributed by atoms with Gasteiger partial charge in [0.05, 0.1) is 0 Å². The molecular formula is C8H12BrN3O2. The second kappa shape index (κ2) is 5.74. The summed E-state index contributed by atoms with van der Waals surface area (Å²) in [5.74, 6) is 1.20. The van der Waals surface area contributed by atoms with E-state index in [1.54, 1.807) is 6.92 Å². The summed E-state index contributed by atoms with van der Waals surface area (Å²) >= 11 is 3.19. The van der Waals surface area contributed by atoms with Crippen LogP contribution >= 0.6 is 15.9 Å². The Morgan fingerprint density at radius 2 is 2.43 bits per heavy atom. The highest BCUT2D eigenvalue weighted by atomic mass is 79.9. The molecule has 5 nitrogen and oxygen atoms in total. The molecule has 0 aliphatic carbocycles. The molecule has 78 valence electrons. The van der Waals surface area contributed by atoms with Crippen LogP contribution in [0.15, 0.2) is 4.52 Å². The van der Waals surface area contributed by atoms with Crippen molar-refractivity contribution in [1.29, 1.82) is 0 Å². The molecule has 1 rings (SSSR count). The average molecular weight is 262 g/mol. The lowest BCUT2D eigenvalue weighted by atomic mass is 10.4. The molecule has 0 spiro atoms. The van der Waals surface area contributed by atoms with E-state index >= 15 is 0 Å². The lowest BCUT2D eigenvalue weighted by Gasteiger charge is -2.00. The smallest absolute Gasteiger partial charge is 0.228 e. The maximum Gasteiger partial charge on any atom is 0.228 e. The van der Waals surface area contributed by atoms with Crippen molar-refractivity contribution in [3.05, 3.63) is 11.7 Å². The van der Waals surface area contributed by atoms with Gasteiger partial charge in [-0.2, -0.15) is 4.98 Å². The number of aryl methyl sites for hydroxylation is 1. The van der Waals surface area contributed by atoms with Crippen molar-refractivity contribution in [3.8, 4) is 0 Å². The van der Waals surface area contributed by atoms with Gasteiger partial charge in [-0.05, 0) is 6.92 Å². The van der Waals surface area contributed by atoms with Crippen LogP contribution in [0, 0.1) is 6.92 Å². The average Bonchev–Trinajstić information content (AvgIpc) is 2.52. The van der Waals surface area contributed by atoms with Crippen molar-refractivity contribution in [1.82, 2.24) is 15.5 Å². The minimum atomic E-state index is 0.0260. The number of carbonyl (C=O) groups excluding carboxylic acids is 1. The first kappa shape index (κ1) is 11.2. The third-order valence-corrected chi connectivity index (χ3v) is 1.95. The molecule has 1 N–H and O–H groups in total. The van der Waals surface area contributed by atoms with Crippen molar-refractivity contribution in [2.75, 3.05) is 11.9 Å². The number of nitrogens with one attached hydrogen (secondary N) is 1. The number of halogens is 1. The Labute approximate surface area is 90.4 Å². The molecule has 6 heteroatoms. The maximum atomic E-state index is 11.0. The van der Waals surface area contributed by atoms with Gasteiger partial charge in [-0.1, -0.05) is 21.1 Å². The minimum absolute atomic E-state index is 0.0260. The van der Waals surface area contributed by atoms with Crippen LogP contribution in [-0.2, 0) is 11.2 Å². The molecule has 14 heavy (non-hydrogen) atoms. The van der Waals surface area contributed by atoms with Crippen LogP contribution in [-0.4, -0.2) is 27.9 Å². The molecule has 0 aliphatic rings. The van der Waals surface area contributed by atoms with Gasteiger partial charge in [0.1, 0.15) is 0 Å². The molecule has 0 unspecified atom stereocenters. The highest BCUT2D eigenvalue weighted by Crippen LogP contribution is 1.95. The summed E-state index contributed by atoms with van der Waals surface area (Å²) in [6, 6.07) is 0. The van der Waals surface area contributed by atoms with Gasteiger partial charge >= 0.3 is 0 Å². The Kier molecular flexibility index (Phi) is 4.58. The van der Waals surface area contributed by atoms with Crippen molar-refractivity contribution < 1.29 is 9.32 Å². The first-order valence-corrected chi connectivity index (χ1v) is 5.46. The fraction of sp³-hybridized carbons (Fsp3) is 0.625. The SMILES string of the molecule is Cc1noc(CCNC(=O)CCBr)n1. The normalized spacial score (nSPS) is 10.1. The zero-order chi connectivity index (χ0) is 10.4. The summed E-state index contributed by atoms with van der Waals surface area (Å²) in [6.07, 6.45) is 1.07. The molecule has 0 aliphatic heterocycles. The number of rotatable bonds is 5. The van der Waals surface area contributed by atoms with Crippen LogP contribution in [0.3, 0.4) is 0 Å². The number of aromatic nitrogens is 2. The van der Waals surface area contributed by atoms with Crippen molar-refractivity contribution in [2.24, 2.45) is 0 Å². The summed E-state index contributed by atoms with van der Waals surface area (Å²) in [5, 5.41) is 7.07. The van der Waals surface area contributed by atoms with E-state index in [0.29, 0.717) is 36.4 Å². The predicted octanol–water partition coefficient (Wildman–Crippen LogP) is 0.822. The standard InChI is InChI=1S/C8H12BrN3O2/c1-6-11-8(14-12-6)3-5-10-7(13)2-4-9/h2-5H2,1H3,(H,10,13). The Morgan fingerprint density at radius 1 is 1.64 bits per heavy atom. The molecule has 0 atom stereocenters. The molecule has 0 saturated heterocycles. The maximum absolute atomic E-state index is 11.0. The molecule has 1 aromatic heterocycles. The highest BCUT2D eigenvalue weighted by Gasteiger charge is 2.03. The molecule has 0 fully saturated rings. The van der Waals surface area contributed by atoms with E-state index < -0.39 is 0 Å². The Bertz CT molecular complexity index is 301. The zero-order valence-corrected chi connectivity index (χ0v) is 9.50. The fourth-order valence-corrected chi connectivity index (χ4v) is 1.28. The van der Waals surface area contributed by atoms with Gasteiger partial charge in [0.2, 0.25) is 11.8 Å². The van der Waals surface area contributed by atoms with Crippen LogP contribution in [0.25, 0.3) is 0 Å². The topological polar surface area (TPSA) is 68.0 Å². The number of hydrogen-bond donors (Lipinski definition) is 1. The number of alkyl halides is 1. The second-order valence-corrected chi connectivity index (χ2v) is 3.57. The van der Waals surface area contributed by atoms with Gasteiger partial charge in [-0.15, -0.1) is 0 Å². The van der Waals surface area contributed by atoms with Crippen LogP contribution < -0.4 is 5.32 Å². The lowest BCUT2D eigenvalue weighted by molar-refractivity contribution is -0.120. The molecule has 1 heterocycles. The number of carbonyl (C=O) groups is 1. The van der Waals surface area contributed by atoms with Crippen molar-refractivity contribution in [2.45, 2.75) is 19.8 Å². The predicted molar refractivity (Wildman–Crippen MR) is 54.2 cm³/mol. The molecular weight excluding hydrogens is 250 g/mol. The quantitative estimate of drug-likeness (QED) is 0.798. The monoisotopic (exact) mass is 261 g/mol. The van der Waals surface area contributed by atoms with Gasteiger partial charge in [-0.3, -0.25) is 4.79 Å². The van der Waals surface area contributed by atoms with Crippen LogP contribution in [0.4, 0.5) is 0 Å². The second-order valence-electron chi connectivity index (χ2n) is 2.77. The van der Waals surface area contributed by atoms with E-state index in [1.807, 2.05) is 0 Å². The van der Waals surface area contributed by atoms with E-state index in [0.717, 1.165) is 0 Å². The summed E-state index contributed by atoms with van der Waals surface area (Å²) in [7, 11) is 0. The van der Waals surface area contributed by atoms with Crippen LogP contribution in [0.1, 0.15) is 18.1 Å². The van der Waals surface area contributed by atoms with Gasteiger partial charge in [0.15, 0.2) is 5.82 Å². The van der Waals surface area contributed by atoms with Gasteiger partial charge in [0, 0.05) is 24.7 Å². The van der Waals surface area contributed by atoms with Gasteiger partial charge in [0.25, 0.3) is 0 Å². The number of nitrogens with zero attached hydrogens (tertiary/aromatic N) is 2. The Balaban J connectivity index is 2.18. The summed E-state index contributed by atoms with van der Waals surface area (Å²) in [4.78, 5) is 15.0. The summed E-state index contributed by atoms with van der Waals surface area (Å²) < 4.78 is 4.88. The third-order valence-electron chi connectivity index (χ3n) is 1.55. The van der Waals surface area contributed by atoms with E-state index in [9.17, 15) is 4.79 Å². The Morgan fingerprint density at radius 3 is 3.00 bits per heavy atom. The zero-order valence-electron chi connectivity index (χ0n) is 7.92. The Hall–Kier alpha value is -0.910. The highest BCUT2D eigenvalue weighted by molar-refractivity contribution is 9.09. The van der Waals surface area contributed by atoms with Gasteiger partial charge < -0.3 is 9.84 Å². The molecule has 0 bridgehead atoms. The third kappa shape index (κ3) is 3.87. The van der Waals surface area contributed by atoms with E-state index in [4.69, 9.17) is 4.52 Å². The first-order chi connectivity index (χ1) is 6.72. The van der Waals surface area contributed by atoms with Crippen molar-refractivity contribution >= 4 is 21.8 Å². The van der Waals surface area contributed by atoms with Crippen molar-refractivity contribution in [3.63, 3.8) is 0 Å². The molecule has 0 saturated carbocycles. The van der Waals surface area contributed by atoms with Gasteiger partial charge in [-0.25, -0.2) is 0 Å². The van der Waals surface area contributed by atoms with Crippen LogP contribution in [0.5, 0.6) is 0 Å². The molecule has 0 radical (unpaired) electrons. The fourth-order valence-electron chi connectivity index (χ4n) is 0.925. The summed E-state index contributed by atoms with van der Waals surface area (Å²) in [6.45, 7) is 2.30. The number of amides is 1. The lowest BCUT2D eigenvalue weighted by Crippen LogP contribution is -2.25. The number of hydrogen-bond acceptors (Lipinski definition) is 4. The molecule has 1 amide bonds. The van der Waals surface area contributed by atoms with E-state index in [-0.39, 0.29) is 5.91 Å². The minimum Gasteiger partial charge on any atom is -0.356 e. The molecule has 0 aromatic carbocycles. The van der Waals surface area contributed by atoms with E-state index in [1.165, 1.54) is 0 Å². The van der Waals surface area contributed by atoms with E-state index in [2.05, 4.69) is 31.4 Å². The first-order valence-electron chi connectivity index (χ1n) is 4.34. The van der Waals surface area contributed by atoms with Crippen LogP contribution in [0.2, 0.25) is 0 Å². The summed E-state index contributed by atoms with van der Waals surface area (Å²) in [5.41, 5.74) is 0. The largest absolute Gasteiger partial charge is 0.356 e.